The Hall–Kier alpha value is -2.04. The molecule has 1 aromatic rings. The van der Waals surface area contributed by atoms with Crippen LogP contribution in [0.15, 0.2) is 15.8 Å². The minimum atomic E-state index is -1.46. The molecule has 1 aliphatic heterocycles. The topological polar surface area (TPSA) is 144 Å². The molecule has 0 aromatic carbocycles. The average Bonchev–Trinajstić information content (AvgIpc) is 2.73. The Morgan fingerprint density at radius 1 is 1.45 bits per heavy atom. The highest BCUT2D eigenvalue weighted by atomic mass is 16.6. The van der Waals surface area contributed by atoms with Crippen molar-refractivity contribution in [1.29, 1.82) is 0 Å². The first-order valence-corrected chi connectivity index (χ1v) is 6.67. The lowest BCUT2D eigenvalue weighted by Gasteiger charge is -2.15. The highest BCUT2D eigenvalue weighted by Crippen LogP contribution is 2.27. The van der Waals surface area contributed by atoms with Crippen molar-refractivity contribution in [2.24, 2.45) is 5.92 Å². The van der Waals surface area contributed by atoms with Gasteiger partial charge in [-0.05, 0) is 0 Å². The van der Waals surface area contributed by atoms with Gasteiger partial charge in [-0.2, -0.15) is 9.78 Å². The Balaban J connectivity index is 2.11. The molecule has 1 unspecified atom stereocenters. The van der Waals surface area contributed by atoms with Gasteiger partial charge in [-0.25, -0.2) is 4.79 Å². The SMILES string of the molecule is CC(C)C(=O)OC[C@H]1O[C@@H](n2ncc(=O)[nH]c2=O)C(O)[C@H]1O. The van der Waals surface area contributed by atoms with E-state index in [0.717, 1.165) is 6.20 Å². The molecule has 22 heavy (non-hydrogen) atoms. The number of aliphatic hydroxyl groups is 2. The zero-order valence-corrected chi connectivity index (χ0v) is 12.0. The first-order chi connectivity index (χ1) is 10.3. The van der Waals surface area contributed by atoms with E-state index in [-0.39, 0.29) is 12.5 Å². The van der Waals surface area contributed by atoms with Crippen molar-refractivity contribution in [2.75, 3.05) is 6.61 Å². The van der Waals surface area contributed by atoms with Crippen molar-refractivity contribution in [3.05, 3.63) is 27.0 Å². The maximum atomic E-state index is 11.6. The van der Waals surface area contributed by atoms with Crippen molar-refractivity contribution in [2.45, 2.75) is 38.4 Å². The maximum absolute atomic E-state index is 11.6. The Bertz CT molecular complexity index is 653. The van der Waals surface area contributed by atoms with Gasteiger partial charge in [0, 0.05) is 0 Å². The monoisotopic (exact) mass is 315 g/mol. The minimum Gasteiger partial charge on any atom is -0.463 e. The number of carbonyl (C=O) groups excluding carboxylic acids is 1. The zero-order valence-electron chi connectivity index (χ0n) is 12.0. The van der Waals surface area contributed by atoms with Crippen molar-refractivity contribution < 1.29 is 24.5 Å². The van der Waals surface area contributed by atoms with Crippen LogP contribution in [0.1, 0.15) is 20.1 Å². The fraction of sp³-hybridized carbons (Fsp3) is 0.667. The van der Waals surface area contributed by atoms with E-state index >= 15 is 0 Å². The number of ether oxygens (including phenoxy) is 2. The van der Waals surface area contributed by atoms with Gasteiger partial charge < -0.3 is 19.7 Å². The van der Waals surface area contributed by atoms with E-state index in [0.29, 0.717) is 4.68 Å². The predicted octanol–water partition coefficient (Wildman–Crippen LogP) is -2.25. The van der Waals surface area contributed by atoms with Crippen molar-refractivity contribution in [1.82, 2.24) is 14.8 Å². The molecule has 1 aromatic heterocycles. The smallest absolute Gasteiger partial charge is 0.347 e. The standard InChI is InChI=1S/C12H17N3O7/c1-5(2)11(19)21-4-6-8(17)9(18)10(22-6)15-12(20)14-7(16)3-13-15/h3,5-6,8-10,17-18H,4H2,1-2H3,(H,14,16,20)/t6-,8+,9?,10-/m1/s1. The summed E-state index contributed by atoms with van der Waals surface area (Å²) in [5.41, 5.74) is -1.58. The summed E-state index contributed by atoms with van der Waals surface area (Å²) in [6, 6.07) is 0. The van der Waals surface area contributed by atoms with E-state index in [1.165, 1.54) is 0 Å². The summed E-state index contributed by atoms with van der Waals surface area (Å²) in [5.74, 6) is -0.823. The number of H-pyrrole nitrogens is 1. The van der Waals surface area contributed by atoms with Crippen molar-refractivity contribution in [3.8, 4) is 0 Å². The van der Waals surface area contributed by atoms with Crippen LogP contribution < -0.4 is 11.2 Å². The first kappa shape index (κ1) is 16.3. The summed E-state index contributed by atoms with van der Waals surface area (Å²) in [5, 5.41) is 23.4. The van der Waals surface area contributed by atoms with Crippen molar-refractivity contribution in [3.63, 3.8) is 0 Å². The molecule has 10 nitrogen and oxygen atoms in total. The largest absolute Gasteiger partial charge is 0.463 e. The summed E-state index contributed by atoms with van der Waals surface area (Å²) in [6.07, 6.45) is -4.29. The van der Waals surface area contributed by atoms with E-state index in [9.17, 15) is 24.6 Å². The number of carbonyl (C=O) groups is 1. The van der Waals surface area contributed by atoms with Gasteiger partial charge >= 0.3 is 11.7 Å². The maximum Gasteiger partial charge on any atom is 0.347 e. The fourth-order valence-corrected chi connectivity index (χ4v) is 1.94. The summed E-state index contributed by atoms with van der Waals surface area (Å²) in [4.78, 5) is 36.0. The number of esters is 1. The Morgan fingerprint density at radius 2 is 2.14 bits per heavy atom. The molecular formula is C12H17N3O7. The molecule has 0 radical (unpaired) electrons. The van der Waals surface area contributed by atoms with Crippen LogP contribution in [-0.2, 0) is 14.3 Å². The first-order valence-electron chi connectivity index (χ1n) is 6.67. The molecule has 3 N–H and O–H groups in total. The van der Waals surface area contributed by atoms with Crippen LogP contribution in [-0.4, -0.2) is 55.9 Å². The van der Waals surface area contributed by atoms with Gasteiger partial charge in [-0.3, -0.25) is 14.6 Å². The van der Waals surface area contributed by atoms with Gasteiger partial charge in [0.2, 0.25) is 0 Å². The quantitative estimate of drug-likeness (QED) is 0.529. The molecular weight excluding hydrogens is 298 g/mol. The van der Waals surface area contributed by atoms with Gasteiger partial charge in [0.25, 0.3) is 5.56 Å². The van der Waals surface area contributed by atoms with E-state index in [4.69, 9.17) is 9.47 Å². The van der Waals surface area contributed by atoms with E-state index in [2.05, 4.69) is 5.10 Å². The minimum absolute atomic E-state index is 0.274. The molecule has 0 saturated carbocycles. The van der Waals surface area contributed by atoms with Crippen LogP contribution in [0.3, 0.4) is 0 Å². The summed E-state index contributed by atoms with van der Waals surface area (Å²) in [7, 11) is 0. The average molecular weight is 315 g/mol. The molecule has 0 bridgehead atoms. The van der Waals surface area contributed by atoms with Crippen LogP contribution in [0.25, 0.3) is 0 Å². The van der Waals surface area contributed by atoms with E-state index in [1.807, 2.05) is 4.98 Å². The van der Waals surface area contributed by atoms with Crippen LogP contribution in [0.5, 0.6) is 0 Å². The lowest BCUT2D eigenvalue weighted by atomic mass is 10.1. The number of nitrogens with one attached hydrogen (secondary N) is 1. The molecule has 0 spiro atoms. The fourth-order valence-electron chi connectivity index (χ4n) is 1.94. The van der Waals surface area contributed by atoms with Gasteiger partial charge in [-0.15, -0.1) is 0 Å². The summed E-state index contributed by atoms with van der Waals surface area (Å²) in [6.45, 7) is 3.02. The summed E-state index contributed by atoms with van der Waals surface area (Å²) < 4.78 is 11.0. The second kappa shape index (κ2) is 6.38. The molecule has 2 heterocycles. The molecule has 0 amide bonds. The molecule has 0 aliphatic carbocycles. The summed E-state index contributed by atoms with van der Waals surface area (Å²) >= 11 is 0. The van der Waals surface area contributed by atoms with Gasteiger partial charge in [-0.1, -0.05) is 13.8 Å². The second-order valence-corrected chi connectivity index (χ2v) is 5.21. The lowest BCUT2D eigenvalue weighted by Crippen LogP contribution is -2.39. The number of hydrogen-bond donors (Lipinski definition) is 3. The lowest BCUT2D eigenvalue weighted by molar-refractivity contribution is -0.154. The van der Waals surface area contributed by atoms with Gasteiger partial charge in [0.15, 0.2) is 6.23 Å². The van der Waals surface area contributed by atoms with Crippen molar-refractivity contribution >= 4 is 5.97 Å². The van der Waals surface area contributed by atoms with E-state index < -0.39 is 41.8 Å². The van der Waals surface area contributed by atoms with E-state index in [1.54, 1.807) is 13.8 Å². The van der Waals surface area contributed by atoms with Gasteiger partial charge in [0.1, 0.15) is 31.1 Å². The number of nitrogens with zero attached hydrogens (tertiary/aromatic N) is 2. The normalized spacial score (nSPS) is 28.0. The number of hydrogen-bond acceptors (Lipinski definition) is 8. The molecule has 1 aliphatic rings. The highest BCUT2D eigenvalue weighted by Gasteiger charge is 2.45. The van der Waals surface area contributed by atoms with Gasteiger partial charge in [0.05, 0.1) is 5.92 Å². The Labute approximate surface area is 124 Å². The highest BCUT2D eigenvalue weighted by molar-refractivity contribution is 5.71. The Morgan fingerprint density at radius 3 is 2.73 bits per heavy atom. The number of aliphatic hydroxyl groups excluding tert-OH is 2. The molecule has 122 valence electrons. The molecule has 10 heteroatoms. The van der Waals surface area contributed by atoms with Crippen LogP contribution in [0.4, 0.5) is 0 Å². The molecule has 2 rings (SSSR count). The number of aromatic amines is 1. The third-order valence-electron chi connectivity index (χ3n) is 3.18. The van der Waals surface area contributed by atoms with Crippen LogP contribution >= 0.6 is 0 Å². The number of rotatable bonds is 4. The second-order valence-electron chi connectivity index (χ2n) is 5.21. The third kappa shape index (κ3) is 3.24. The van der Waals surface area contributed by atoms with Crippen LogP contribution in [0, 0.1) is 5.92 Å². The third-order valence-corrected chi connectivity index (χ3v) is 3.18. The molecule has 1 fully saturated rings. The zero-order chi connectivity index (χ0) is 16.4. The molecule has 1 saturated heterocycles. The number of aromatic nitrogens is 3. The predicted molar refractivity (Wildman–Crippen MR) is 70.8 cm³/mol. The van der Waals surface area contributed by atoms with Crippen LogP contribution in [0.2, 0.25) is 0 Å². The Kier molecular flexibility index (Phi) is 4.74. The molecule has 4 atom stereocenters.